The Morgan fingerprint density at radius 2 is 1.79 bits per heavy atom. The minimum Gasteiger partial charge on any atom is -0.342 e. The van der Waals surface area contributed by atoms with Crippen molar-refractivity contribution in [3.63, 3.8) is 0 Å². The van der Waals surface area contributed by atoms with Crippen LogP contribution in [0.5, 0.6) is 0 Å². The van der Waals surface area contributed by atoms with E-state index in [2.05, 4.69) is 10.3 Å². The molecule has 3 aromatic rings. The summed E-state index contributed by atoms with van der Waals surface area (Å²) in [7, 11) is 1.84. The number of nitrogens with one attached hydrogen (secondary N) is 1. The lowest BCUT2D eigenvalue weighted by Crippen LogP contribution is -2.31. The number of imidazole rings is 1. The maximum absolute atomic E-state index is 13.0. The first kappa shape index (κ1) is 19.8. The van der Waals surface area contributed by atoms with Gasteiger partial charge in [0, 0.05) is 42.9 Å². The topological polar surface area (TPSA) is 64.0 Å². The highest BCUT2D eigenvalue weighted by Crippen LogP contribution is 2.22. The summed E-state index contributed by atoms with van der Waals surface area (Å²) in [6.07, 6.45) is 3.50. The van der Waals surface area contributed by atoms with Crippen molar-refractivity contribution >= 4 is 23.3 Å². The highest BCUT2D eigenvalue weighted by atomic mass is 35.5. The predicted octanol–water partition coefficient (Wildman–Crippen LogP) is 4.08. The molecular weight excluding hydrogens is 381 g/mol. The standard InChI is InChI=1S/C21H19ClFN3O2/c1-26-13-12-24-21(26)20(15-2-6-16(22)7-3-15)25-19(28)11-10-18(27)14-4-8-17(23)9-5-14/h2-9,12-13,20H,10-11H2,1H3,(H,25,28)/t20-/m0/s1. The van der Waals surface area contributed by atoms with E-state index < -0.39 is 11.9 Å². The molecule has 1 atom stereocenters. The number of hydrogen-bond acceptors (Lipinski definition) is 3. The van der Waals surface area contributed by atoms with Crippen LogP contribution in [0.25, 0.3) is 0 Å². The van der Waals surface area contributed by atoms with Gasteiger partial charge < -0.3 is 9.88 Å². The molecular formula is C21H19ClFN3O2. The third-order valence-corrected chi connectivity index (χ3v) is 4.62. The van der Waals surface area contributed by atoms with Crippen LogP contribution < -0.4 is 5.32 Å². The lowest BCUT2D eigenvalue weighted by Gasteiger charge is -2.19. The van der Waals surface area contributed by atoms with Crippen LogP contribution in [0.1, 0.15) is 40.6 Å². The molecule has 2 aromatic carbocycles. The Kier molecular flexibility index (Phi) is 6.21. The van der Waals surface area contributed by atoms with Gasteiger partial charge in [-0.2, -0.15) is 0 Å². The summed E-state index contributed by atoms with van der Waals surface area (Å²) in [4.78, 5) is 29.0. The molecule has 0 saturated heterocycles. The molecule has 0 aliphatic heterocycles. The Labute approximate surface area is 167 Å². The zero-order valence-corrected chi connectivity index (χ0v) is 16.0. The number of aryl methyl sites for hydroxylation is 1. The quantitative estimate of drug-likeness (QED) is 0.609. The molecule has 0 spiro atoms. The third kappa shape index (κ3) is 4.84. The monoisotopic (exact) mass is 399 g/mol. The molecule has 0 fully saturated rings. The Hall–Kier alpha value is -2.99. The first-order valence-electron chi connectivity index (χ1n) is 8.75. The van der Waals surface area contributed by atoms with Gasteiger partial charge in [0.1, 0.15) is 17.7 Å². The van der Waals surface area contributed by atoms with Crippen molar-refractivity contribution < 1.29 is 14.0 Å². The van der Waals surface area contributed by atoms with Crippen LogP contribution in [-0.2, 0) is 11.8 Å². The molecule has 0 bridgehead atoms. The van der Waals surface area contributed by atoms with Gasteiger partial charge in [-0.15, -0.1) is 0 Å². The second-order valence-corrected chi connectivity index (χ2v) is 6.81. The highest BCUT2D eigenvalue weighted by Gasteiger charge is 2.21. The average Bonchev–Trinajstić information content (AvgIpc) is 3.11. The van der Waals surface area contributed by atoms with Gasteiger partial charge in [-0.1, -0.05) is 23.7 Å². The van der Waals surface area contributed by atoms with E-state index in [1.165, 1.54) is 24.3 Å². The molecule has 28 heavy (non-hydrogen) atoms. The first-order chi connectivity index (χ1) is 13.4. The number of nitrogens with zero attached hydrogens (tertiary/aromatic N) is 2. The van der Waals surface area contributed by atoms with E-state index in [9.17, 15) is 14.0 Å². The van der Waals surface area contributed by atoms with Crippen LogP contribution in [0.2, 0.25) is 5.02 Å². The molecule has 0 radical (unpaired) electrons. The van der Waals surface area contributed by atoms with Crippen LogP contribution in [0.4, 0.5) is 4.39 Å². The van der Waals surface area contributed by atoms with Gasteiger partial charge in [-0.05, 0) is 42.0 Å². The molecule has 0 saturated carbocycles. The lowest BCUT2D eigenvalue weighted by molar-refractivity contribution is -0.121. The average molecular weight is 400 g/mol. The first-order valence-corrected chi connectivity index (χ1v) is 9.12. The molecule has 1 N–H and O–H groups in total. The van der Waals surface area contributed by atoms with E-state index in [4.69, 9.17) is 11.6 Å². The number of carbonyl (C=O) groups is 2. The van der Waals surface area contributed by atoms with Crippen LogP contribution >= 0.6 is 11.6 Å². The predicted molar refractivity (Wildman–Crippen MR) is 105 cm³/mol. The number of aromatic nitrogens is 2. The number of halogens is 2. The van der Waals surface area contributed by atoms with E-state index in [0.717, 1.165) is 5.56 Å². The van der Waals surface area contributed by atoms with Crippen molar-refractivity contribution in [2.75, 3.05) is 0 Å². The van der Waals surface area contributed by atoms with Crippen LogP contribution in [0.3, 0.4) is 0 Å². The van der Waals surface area contributed by atoms with Crippen molar-refractivity contribution in [1.82, 2.24) is 14.9 Å². The molecule has 0 unspecified atom stereocenters. The van der Waals surface area contributed by atoms with Crippen LogP contribution in [0, 0.1) is 5.82 Å². The molecule has 7 heteroatoms. The van der Waals surface area contributed by atoms with E-state index in [-0.39, 0.29) is 24.5 Å². The summed E-state index contributed by atoms with van der Waals surface area (Å²) in [5, 5.41) is 3.53. The Morgan fingerprint density at radius 3 is 2.39 bits per heavy atom. The van der Waals surface area contributed by atoms with Gasteiger partial charge >= 0.3 is 0 Å². The van der Waals surface area contributed by atoms with Gasteiger partial charge in [0.2, 0.25) is 5.91 Å². The number of ketones is 1. The Balaban J connectivity index is 1.69. The number of rotatable bonds is 7. The molecule has 0 aliphatic rings. The second kappa shape index (κ2) is 8.80. The van der Waals surface area contributed by atoms with Crippen molar-refractivity contribution in [3.8, 4) is 0 Å². The fraction of sp³-hybridized carbons (Fsp3) is 0.190. The summed E-state index contributed by atoms with van der Waals surface area (Å²) in [6.45, 7) is 0. The summed E-state index contributed by atoms with van der Waals surface area (Å²) in [5.41, 5.74) is 1.21. The number of benzene rings is 2. The van der Waals surface area contributed by atoms with E-state index in [1.807, 2.05) is 23.7 Å². The number of hydrogen-bond donors (Lipinski definition) is 1. The fourth-order valence-electron chi connectivity index (χ4n) is 2.85. The number of Topliss-reactive ketones (excluding diaryl/α,β-unsaturated/α-hetero) is 1. The normalized spacial score (nSPS) is 11.8. The van der Waals surface area contributed by atoms with Gasteiger partial charge in [0.05, 0.1) is 0 Å². The zero-order chi connectivity index (χ0) is 20.1. The van der Waals surface area contributed by atoms with E-state index in [0.29, 0.717) is 16.4 Å². The van der Waals surface area contributed by atoms with E-state index >= 15 is 0 Å². The minimum absolute atomic E-state index is 0.0186. The van der Waals surface area contributed by atoms with Gasteiger partial charge in [-0.25, -0.2) is 9.37 Å². The number of carbonyl (C=O) groups excluding carboxylic acids is 2. The van der Waals surface area contributed by atoms with Gasteiger partial charge in [0.15, 0.2) is 5.78 Å². The smallest absolute Gasteiger partial charge is 0.221 e. The Bertz CT molecular complexity index is 968. The Morgan fingerprint density at radius 1 is 1.11 bits per heavy atom. The summed E-state index contributed by atoms with van der Waals surface area (Å²) in [5.74, 6) is -0.232. The van der Waals surface area contributed by atoms with E-state index in [1.54, 1.807) is 24.5 Å². The van der Waals surface area contributed by atoms with Crippen molar-refractivity contribution in [1.29, 1.82) is 0 Å². The van der Waals surface area contributed by atoms with Gasteiger partial charge in [0.25, 0.3) is 0 Å². The molecule has 3 rings (SSSR count). The summed E-state index contributed by atoms with van der Waals surface area (Å²) in [6, 6.07) is 12.0. The maximum atomic E-state index is 13.0. The highest BCUT2D eigenvalue weighted by molar-refractivity contribution is 6.30. The van der Waals surface area contributed by atoms with Crippen molar-refractivity contribution in [2.45, 2.75) is 18.9 Å². The molecule has 1 aromatic heterocycles. The summed E-state index contributed by atoms with van der Waals surface area (Å²) >= 11 is 5.96. The zero-order valence-electron chi connectivity index (χ0n) is 15.2. The lowest BCUT2D eigenvalue weighted by atomic mass is 10.0. The second-order valence-electron chi connectivity index (χ2n) is 6.38. The van der Waals surface area contributed by atoms with Crippen LogP contribution in [-0.4, -0.2) is 21.2 Å². The molecule has 1 heterocycles. The van der Waals surface area contributed by atoms with Crippen molar-refractivity contribution in [2.24, 2.45) is 7.05 Å². The molecule has 144 valence electrons. The SMILES string of the molecule is Cn1ccnc1[C@@H](NC(=O)CCC(=O)c1ccc(F)cc1)c1ccc(Cl)cc1. The molecule has 5 nitrogen and oxygen atoms in total. The third-order valence-electron chi connectivity index (χ3n) is 4.37. The maximum Gasteiger partial charge on any atom is 0.221 e. The fourth-order valence-corrected chi connectivity index (χ4v) is 2.97. The van der Waals surface area contributed by atoms with Gasteiger partial charge in [-0.3, -0.25) is 9.59 Å². The molecule has 1 amide bonds. The van der Waals surface area contributed by atoms with Crippen LogP contribution in [0.15, 0.2) is 60.9 Å². The van der Waals surface area contributed by atoms with Crippen molar-refractivity contribution in [3.05, 3.63) is 88.7 Å². The summed E-state index contributed by atoms with van der Waals surface area (Å²) < 4.78 is 14.8. The molecule has 0 aliphatic carbocycles. The largest absolute Gasteiger partial charge is 0.342 e. The number of amides is 1. The minimum atomic E-state index is -0.467.